The number of hydrogen-bond donors (Lipinski definition) is 10. The molecule has 0 radical (unpaired) electrons. The first-order valence-electron chi connectivity index (χ1n) is 22.0. The van der Waals surface area contributed by atoms with Gasteiger partial charge < -0.3 is 63.5 Å². The number of fused-ring (bicyclic) bond motifs is 3. The number of carboxylic acids is 2. The molecule has 0 unspecified atom stereocenters. The van der Waals surface area contributed by atoms with Gasteiger partial charge in [-0.1, -0.05) is 92.7 Å². The van der Waals surface area contributed by atoms with Gasteiger partial charge in [-0.2, -0.15) is 0 Å². The monoisotopic (exact) mass is 944 g/mol. The summed E-state index contributed by atoms with van der Waals surface area (Å²) in [5.74, 6) is -8.96. The summed E-state index contributed by atoms with van der Waals surface area (Å²) in [6.07, 6.45) is -4.57. The lowest BCUT2D eigenvalue weighted by atomic mass is 9.98. The normalized spacial score (nSPS) is 14.8. The second-order valence-electron chi connectivity index (χ2n) is 16.9. The summed E-state index contributed by atoms with van der Waals surface area (Å²) < 4.78 is 11.3. The zero-order valence-corrected chi connectivity index (χ0v) is 38.0. The van der Waals surface area contributed by atoms with E-state index in [1.54, 1.807) is 30.3 Å². The lowest BCUT2D eigenvalue weighted by molar-refractivity contribution is -0.154. The Bertz CT molecular complexity index is 2250. The Labute approximate surface area is 392 Å². The average Bonchev–Trinajstić information content (AvgIpc) is 3.60. The third-order valence-electron chi connectivity index (χ3n) is 11.0. The van der Waals surface area contributed by atoms with Gasteiger partial charge in [0.15, 0.2) is 0 Å². The molecular formula is C47H60N8O13. The molecule has 68 heavy (non-hydrogen) atoms. The number of nitrogens with two attached hydrogens (primary N) is 3. The number of esters is 1. The number of carbonyl (C=O) groups excluding carboxylic acids is 7. The van der Waals surface area contributed by atoms with Crippen LogP contribution in [0.2, 0.25) is 0 Å². The zero-order chi connectivity index (χ0) is 50.1. The lowest BCUT2D eigenvalue weighted by Crippen LogP contribution is -2.58. The number of alkyl carbamates (subject to hydrolysis) is 1. The quantitative estimate of drug-likeness (QED) is 0.0467. The number of ether oxygens (including phenoxy) is 2. The van der Waals surface area contributed by atoms with Crippen LogP contribution in [0.5, 0.6) is 0 Å². The van der Waals surface area contributed by atoms with E-state index in [-0.39, 0.29) is 31.3 Å². The molecule has 3 aromatic rings. The summed E-state index contributed by atoms with van der Waals surface area (Å²) >= 11 is 0. The molecule has 21 nitrogen and oxygen atoms in total. The number of primary amides is 2. The van der Waals surface area contributed by atoms with Gasteiger partial charge in [0, 0.05) is 31.3 Å². The highest BCUT2D eigenvalue weighted by molar-refractivity contribution is 5.95. The van der Waals surface area contributed by atoms with Crippen molar-refractivity contribution in [2.24, 2.45) is 23.1 Å². The van der Waals surface area contributed by atoms with Crippen LogP contribution < -0.4 is 43.8 Å². The Morgan fingerprint density at radius 2 is 1.24 bits per heavy atom. The predicted octanol–water partition coefficient (Wildman–Crippen LogP) is 0.554. The second-order valence-corrected chi connectivity index (χ2v) is 16.9. The molecular weight excluding hydrogens is 885 g/mol. The van der Waals surface area contributed by atoms with E-state index in [4.69, 9.17) is 26.7 Å². The topological polar surface area (TPSA) is 351 Å². The van der Waals surface area contributed by atoms with Crippen LogP contribution in [-0.4, -0.2) is 119 Å². The molecule has 6 amide bonds. The molecule has 1 aliphatic rings. The van der Waals surface area contributed by atoms with Crippen LogP contribution in [0.15, 0.2) is 78.9 Å². The summed E-state index contributed by atoms with van der Waals surface area (Å²) in [5.41, 5.74) is 21.9. The largest absolute Gasteiger partial charge is 0.481 e. The van der Waals surface area contributed by atoms with Crippen molar-refractivity contribution in [2.75, 3.05) is 13.2 Å². The molecule has 0 spiro atoms. The molecule has 0 aromatic heterocycles. The molecule has 7 atom stereocenters. The van der Waals surface area contributed by atoms with E-state index in [1.807, 2.05) is 62.4 Å². The van der Waals surface area contributed by atoms with E-state index in [9.17, 15) is 53.4 Å². The van der Waals surface area contributed by atoms with Crippen molar-refractivity contribution in [1.29, 1.82) is 0 Å². The maximum Gasteiger partial charge on any atom is 0.407 e. The van der Waals surface area contributed by atoms with Gasteiger partial charge in [0.2, 0.25) is 29.5 Å². The van der Waals surface area contributed by atoms with Crippen molar-refractivity contribution < 1.29 is 62.8 Å². The van der Waals surface area contributed by atoms with Gasteiger partial charge in [-0.25, -0.2) is 9.59 Å². The smallest absolute Gasteiger partial charge is 0.407 e. The molecule has 21 heteroatoms. The maximum absolute atomic E-state index is 13.7. The average molecular weight is 945 g/mol. The lowest BCUT2D eigenvalue weighted by Gasteiger charge is -2.29. The minimum Gasteiger partial charge on any atom is -0.481 e. The van der Waals surface area contributed by atoms with E-state index < -0.39 is 128 Å². The predicted molar refractivity (Wildman–Crippen MR) is 245 cm³/mol. The molecule has 13 N–H and O–H groups in total. The molecule has 0 saturated carbocycles. The molecule has 366 valence electrons. The number of nitrogens with one attached hydrogen (secondary N) is 5. The highest BCUT2D eigenvalue weighted by Gasteiger charge is 2.35. The van der Waals surface area contributed by atoms with Crippen LogP contribution in [0.1, 0.15) is 75.5 Å². The molecule has 0 heterocycles. The number of carbonyl (C=O) groups is 9. The van der Waals surface area contributed by atoms with Crippen LogP contribution in [0.4, 0.5) is 4.79 Å². The molecule has 0 aliphatic heterocycles. The zero-order valence-electron chi connectivity index (χ0n) is 38.0. The molecule has 1 aliphatic carbocycles. The van der Waals surface area contributed by atoms with Crippen molar-refractivity contribution in [1.82, 2.24) is 26.6 Å². The fourth-order valence-electron chi connectivity index (χ4n) is 7.63. The van der Waals surface area contributed by atoms with Gasteiger partial charge in [-0.05, 0) is 53.5 Å². The van der Waals surface area contributed by atoms with Gasteiger partial charge in [-0.3, -0.25) is 33.6 Å². The minimum atomic E-state index is -1.64. The van der Waals surface area contributed by atoms with Crippen molar-refractivity contribution in [3.05, 3.63) is 95.6 Å². The molecule has 3 aromatic carbocycles. The Balaban J connectivity index is 1.42. The highest BCUT2D eigenvalue weighted by Crippen LogP contribution is 2.44. The number of carboxylic acid groups (broad SMARTS) is 2. The fraction of sp³-hybridized carbons (Fsp3) is 0.426. The number of amides is 6. The number of benzene rings is 3. The van der Waals surface area contributed by atoms with Crippen LogP contribution in [0.3, 0.4) is 0 Å². The van der Waals surface area contributed by atoms with E-state index in [1.165, 1.54) is 6.92 Å². The Kier molecular flexibility index (Phi) is 20.0. The highest BCUT2D eigenvalue weighted by atomic mass is 16.6. The molecule has 0 bridgehead atoms. The molecule has 0 fully saturated rings. The fourth-order valence-corrected chi connectivity index (χ4v) is 7.63. The Hall–Kier alpha value is -7.39. The summed E-state index contributed by atoms with van der Waals surface area (Å²) in [7, 11) is 0. The van der Waals surface area contributed by atoms with Crippen molar-refractivity contribution >= 4 is 53.5 Å². The Morgan fingerprint density at radius 1 is 0.662 bits per heavy atom. The number of aliphatic carboxylic acids is 2. The summed E-state index contributed by atoms with van der Waals surface area (Å²) in [6.45, 7) is 4.37. The van der Waals surface area contributed by atoms with Gasteiger partial charge in [0.05, 0.1) is 18.9 Å². The van der Waals surface area contributed by atoms with Crippen molar-refractivity contribution in [2.45, 2.75) is 108 Å². The summed E-state index contributed by atoms with van der Waals surface area (Å²) in [6, 6.07) is 15.6. The summed E-state index contributed by atoms with van der Waals surface area (Å²) in [4.78, 5) is 115. The van der Waals surface area contributed by atoms with Crippen LogP contribution >= 0.6 is 0 Å². The number of rotatable bonds is 27. The molecule has 4 rings (SSSR count). The van der Waals surface area contributed by atoms with Crippen LogP contribution in [0, 0.1) is 5.92 Å². The van der Waals surface area contributed by atoms with E-state index in [0.29, 0.717) is 5.56 Å². The molecule has 0 saturated heterocycles. The van der Waals surface area contributed by atoms with Gasteiger partial charge in [0.25, 0.3) is 0 Å². The third-order valence-corrected chi connectivity index (χ3v) is 11.0. The first kappa shape index (κ1) is 53.2. The van der Waals surface area contributed by atoms with Crippen molar-refractivity contribution in [3.63, 3.8) is 0 Å². The second kappa shape index (κ2) is 25.5. The van der Waals surface area contributed by atoms with E-state index in [0.717, 1.165) is 22.3 Å². The number of hydrogen-bond acceptors (Lipinski definition) is 13. The van der Waals surface area contributed by atoms with E-state index in [2.05, 4.69) is 26.6 Å². The van der Waals surface area contributed by atoms with Gasteiger partial charge in [-0.15, -0.1) is 0 Å². The maximum atomic E-state index is 13.7. The minimum absolute atomic E-state index is 0.000504. The summed E-state index contributed by atoms with van der Waals surface area (Å²) in [5, 5.41) is 31.3. The first-order chi connectivity index (χ1) is 32.2. The van der Waals surface area contributed by atoms with E-state index >= 15 is 0 Å². The van der Waals surface area contributed by atoms with Crippen LogP contribution in [0.25, 0.3) is 11.1 Å². The van der Waals surface area contributed by atoms with Gasteiger partial charge in [0.1, 0.15) is 36.9 Å². The standard InChI is InChI=1S/C47H60N8O13/c1-25(2)19-33(48)38(68-46(65)37(21-39(49)56)55-47(66)67-24-32-30-15-9-7-13-28(30)29-14-8-10-16-31(29)32)23-51-36(22-41(59)60)45(64)52-26(3)43(62)53-34(17-18-40(57)58)44(63)54-35(42(50)61)20-27-11-5-4-6-12-27/h4-16,25-26,32-38,51H,17-24,48H2,1-3H3,(H2,49,56)(H2,50,61)(H,52,64)(H,53,62)(H,54,63)(H,55,66)(H,57,58)(H,59,60)/t26-,33-,34-,35-,36-,37-,38-/m0/s1. The SMILES string of the molecule is CC(C)C[C@H](N)[C@H](CN[C@@H](CC(=O)O)C(=O)N[C@@H](C)C(=O)N[C@@H](CCC(=O)O)C(=O)N[C@@H](Cc1ccccc1)C(N)=O)OC(=O)[C@H](CC(N)=O)NC(=O)OCC1c2ccccc2-c2ccccc21. The van der Waals surface area contributed by atoms with Gasteiger partial charge >= 0.3 is 24.0 Å². The Morgan fingerprint density at radius 3 is 1.79 bits per heavy atom. The van der Waals surface area contributed by atoms with Crippen LogP contribution in [-0.2, 0) is 54.3 Å². The van der Waals surface area contributed by atoms with Crippen molar-refractivity contribution in [3.8, 4) is 11.1 Å². The third kappa shape index (κ3) is 16.2. The first-order valence-corrected chi connectivity index (χ1v) is 22.0.